The van der Waals surface area contributed by atoms with Gasteiger partial charge in [-0.3, -0.25) is 0 Å². The van der Waals surface area contributed by atoms with Crippen molar-refractivity contribution in [1.82, 2.24) is 0 Å². The summed E-state index contributed by atoms with van der Waals surface area (Å²) in [5, 5.41) is 0. The summed E-state index contributed by atoms with van der Waals surface area (Å²) in [6.07, 6.45) is 1.96. The molecule has 1 atom stereocenters. The molecule has 0 amide bonds. The zero-order valence-corrected chi connectivity index (χ0v) is 11.5. The van der Waals surface area contributed by atoms with Gasteiger partial charge in [0.25, 0.3) is 0 Å². The van der Waals surface area contributed by atoms with Gasteiger partial charge in [0, 0.05) is 24.8 Å². The molecular weight excluding hydrogens is 227 g/mol. The minimum absolute atomic E-state index is 0.129. The van der Waals surface area contributed by atoms with Crippen molar-refractivity contribution in [1.29, 1.82) is 0 Å². The summed E-state index contributed by atoms with van der Waals surface area (Å²) < 4.78 is 13.3. The molecule has 1 aliphatic heterocycles. The van der Waals surface area contributed by atoms with E-state index < -0.39 is 0 Å². The third-order valence-corrected chi connectivity index (χ3v) is 3.86. The lowest BCUT2D eigenvalue weighted by atomic mass is 9.85. The lowest BCUT2D eigenvalue weighted by Gasteiger charge is -2.29. The Labute approximate surface area is 109 Å². The highest BCUT2D eigenvalue weighted by Crippen LogP contribution is 2.29. The minimum Gasteiger partial charge on any atom is -0.371 e. The number of rotatable bonds is 3. The topological polar surface area (TPSA) is 29.3 Å². The van der Waals surface area contributed by atoms with E-state index in [1.54, 1.807) is 12.1 Å². The smallest absolute Gasteiger partial charge is 0.125 e. The van der Waals surface area contributed by atoms with Crippen LogP contribution in [-0.4, -0.2) is 19.1 Å². The molecule has 18 heavy (non-hydrogen) atoms. The fraction of sp³-hybridized carbons (Fsp3) is 0.600. The Balaban J connectivity index is 2.00. The van der Waals surface area contributed by atoms with Crippen LogP contribution in [0.4, 0.5) is 10.1 Å². The van der Waals surface area contributed by atoms with Crippen molar-refractivity contribution >= 4 is 5.69 Å². The fourth-order valence-corrected chi connectivity index (χ4v) is 2.38. The van der Waals surface area contributed by atoms with E-state index in [1.807, 2.05) is 6.07 Å². The minimum atomic E-state index is -0.152. The number of halogens is 1. The van der Waals surface area contributed by atoms with Crippen LogP contribution < -0.4 is 10.6 Å². The van der Waals surface area contributed by atoms with Crippen molar-refractivity contribution in [2.45, 2.75) is 39.7 Å². The molecule has 1 heterocycles. The van der Waals surface area contributed by atoms with Gasteiger partial charge in [0.15, 0.2) is 0 Å². The second-order valence-corrected chi connectivity index (χ2v) is 6.27. The molecule has 0 radical (unpaired) electrons. The van der Waals surface area contributed by atoms with Crippen molar-refractivity contribution in [3.63, 3.8) is 0 Å². The van der Waals surface area contributed by atoms with Gasteiger partial charge >= 0.3 is 0 Å². The number of nitrogens with zero attached hydrogens (tertiary/aromatic N) is 1. The molecule has 1 aromatic rings. The number of anilines is 1. The first-order chi connectivity index (χ1) is 8.38. The largest absolute Gasteiger partial charge is 0.371 e. The molecule has 0 spiro atoms. The Morgan fingerprint density at radius 3 is 2.78 bits per heavy atom. The standard InChI is InChI=1S/C15H23FN2/c1-15(2,3)14(17)7-9-18-8-6-11-4-5-12(16)10-13(11)18/h4-5,10,14H,6-9,17H2,1-3H3. The van der Waals surface area contributed by atoms with E-state index >= 15 is 0 Å². The Kier molecular flexibility index (Phi) is 3.62. The molecule has 0 saturated heterocycles. The van der Waals surface area contributed by atoms with Crippen LogP contribution in [0.15, 0.2) is 18.2 Å². The molecule has 2 rings (SSSR count). The van der Waals surface area contributed by atoms with Gasteiger partial charge in [0.1, 0.15) is 5.82 Å². The second kappa shape index (κ2) is 4.88. The van der Waals surface area contributed by atoms with Gasteiger partial charge < -0.3 is 10.6 Å². The Hall–Kier alpha value is -1.09. The summed E-state index contributed by atoms with van der Waals surface area (Å²) in [6.45, 7) is 8.38. The summed E-state index contributed by atoms with van der Waals surface area (Å²) in [7, 11) is 0. The average Bonchev–Trinajstić information content (AvgIpc) is 2.67. The highest BCUT2D eigenvalue weighted by atomic mass is 19.1. The van der Waals surface area contributed by atoms with E-state index in [0.29, 0.717) is 0 Å². The number of nitrogens with two attached hydrogens (primary N) is 1. The van der Waals surface area contributed by atoms with Crippen LogP contribution in [0.2, 0.25) is 0 Å². The van der Waals surface area contributed by atoms with Crippen molar-refractivity contribution in [3.05, 3.63) is 29.6 Å². The third kappa shape index (κ3) is 2.83. The SMILES string of the molecule is CC(C)(C)C(N)CCN1CCc2ccc(F)cc21. The molecular formula is C15H23FN2. The third-order valence-electron chi connectivity index (χ3n) is 3.86. The van der Waals surface area contributed by atoms with E-state index in [0.717, 1.165) is 31.6 Å². The summed E-state index contributed by atoms with van der Waals surface area (Å²) >= 11 is 0. The molecule has 1 unspecified atom stereocenters. The second-order valence-electron chi connectivity index (χ2n) is 6.27. The van der Waals surface area contributed by atoms with Gasteiger partial charge in [-0.05, 0) is 36.0 Å². The van der Waals surface area contributed by atoms with Gasteiger partial charge in [-0.2, -0.15) is 0 Å². The molecule has 3 heteroatoms. The highest BCUT2D eigenvalue weighted by Gasteiger charge is 2.24. The summed E-state index contributed by atoms with van der Waals surface area (Å²) in [4.78, 5) is 2.25. The van der Waals surface area contributed by atoms with E-state index in [1.165, 1.54) is 5.56 Å². The van der Waals surface area contributed by atoms with Gasteiger partial charge in [-0.25, -0.2) is 4.39 Å². The molecule has 0 bridgehead atoms. The molecule has 100 valence electrons. The number of hydrogen-bond acceptors (Lipinski definition) is 2. The van der Waals surface area contributed by atoms with E-state index in [9.17, 15) is 4.39 Å². The van der Waals surface area contributed by atoms with Gasteiger partial charge in [-0.15, -0.1) is 0 Å². The number of hydrogen-bond donors (Lipinski definition) is 1. The van der Waals surface area contributed by atoms with Gasteiger partial charge in [-0.1, -0.05) is 26.8 Å². The Morgan fingerprint density at radius 1 is 1.39 bits per heavy atom. The lowest BCUT2D eigenvalue weighted by molar-refractivity contribution is 0.307. The fourth-order valence-electron chi connectivity index (χ4n) is 2.38. The molecule has 0 aromatic heterocycles. The first-order valence-corrected chi connectivity index (χ1v) is 6.67. The molecule has 2 N–H and O–H groups in total. The quantitative estimate of drug-likeness (QED) is 0.893. The normalized spacial score (nSPS) is 16.8. The van der Waals surface area contributed by atoms with Crippen molar-refractivity contribution in [2.75, 3.05) is 18.0 Å². The van der Waals surface area contributed by atoms with Crippen LogP contribution in [0.3, 0.4) is 0 Å². The van der Waals surface area contributed by atoms with Crippen LogP contribution >= 0.6 is 0 Å². The van der Waals surface area contributed by atoms with Crippen molar-refractivity contribution in [3.8, 4) is 0 Å². The van der Waals surface area contributed by atoms with Crippen LogP contribution in [0, 0.1) is 11.2 Å². The molecule has 0 saturated carbocycles. The van der Waals surface area contributed by atoms with E-state index in [-0.39, 0.29) is 17.3 Å². The van der Waals surface area contributed by atoms with Crippen LogP contribution in [0.5, 0.6) is 0 Å². The summed E-state index contributed by atoms with van der Waals surface area (Å²) in [5.74, 6) is -0.152. The monoisotopic (exact) mass is 250 g/mol. The van der Waals surface area contributed by atoms with Crippen molar-refractivity contribution in [2.24, 2.45) is 11.1 Å². The summed E-state index contributed by atoms with van der Waals surface area (Å²) in [6, 6.07) is 5.26. The maximum atomic E-state index is 13.3. The Bertz CT molecular complexity index is 423. The predicted octanol–water partition coefficient (Wildman–Crippen LogP) is 2.95. The number of fused-ring (bicyclic) bond motifs is 1. The van der Waals surface area contributed by atoms with Crippen LogP contribution in [0.1, 0.15) is 32.8 Å². The maximum Gasteiger partial charge on any atom is 0.125 e. The molecule has 2 nitrogen and oxygen atoms in total. The zero-order valence-electron chi connectivity index (χ0n) is 11.5. The van der Waals surface area contributed by atoms with Gasteiger partial charge in [0.2, 0.25) is 0 Å². The lowest BCUT2D eigenvalue weighted by Crippen LogP contribution is -2.38. The van der Waals surface area contributed by atoms with E-state index in [2.05, 4.69) is 25.7 Å². The Morgan fingerprint density at radius 2 is 2.11 bits per heavy atom. The number of benzene rings is 1. The summed E-state index contributed by atoms with van der Waals surface area (Å²) in [5.41, 5.74) is 8.61. The molecule has 1 aliphatic rings. The first-order valence-electron chi connectivity index (χ1n) is 6.67. The first kappa shape index (κ1) is 13.3. The molecule has 0 fully saturated rings. The zero-order chi connectivity index (χ0) is 13.3. The predicted molar refractivity (Wildman–Crippen MR) is 74.4 cm³/mol. The van der Waals surface area contributed by atoms with E-state index in [4.69, 9.17) is 5.73 Å². The highest BCUT2D eigenvalue weighted by molar-refractivity contribution is 5.58. The van der Waals surface area contributed by atoms with Crippen molar-refractivity contribution < 1.29 is 4.39 Å². The van der Waals surface area contributed by atoms with Gasteiger partial charge in [0.05, 0.1) is 0 Å². The van der Waals surface area contributed by atoms with Crippen LogP contribution in [-0.2, 0) is 6.42 Å². The average molecular weight is 250 g/mol. The molecule has 0 aliphatic carbocycles. The van der Waals surface area contributed by atoms with Crippen LogP contribution in [0.25, 0.3) is 0 Å². The maximum absolute atomic E-state index is 13.3. The molecule has 1 aromatic carbocycles.